The fourth-order valence-electron chi connectivity index (χ4n) is 4.52. The van der Waals surface area contributed by atoms with Crippen LogP contribution in [0.25, 0.3) is 33.5 Å². The second-order valence-corrected chi connectivity index (χ2v) is 12.4. The van der Waals surface area contributed by atoms with Crippen LogP contribution in [0.3, 0.4) is 0 Å². The molecule has 44 heavy (non-hydrogen) atoms. The number of hydrogen-bond donors (Lipinski definition) is 0. The van der Waals surface area contributed by atoms with Crippen LogP contribution < -0.4 is 15.0 Å². The van der Waals surface area contributed by atoms with Gasteiger partial charge < -0.3 is 13.9 Å². The highest BCUT2D eigenvalue weighted by Crippen LogP contribution is 2.43. The smallest absolute Gasteiger partial charge is 0.282 e. The van der Waals surface area contributed by atoms with Crippen LogP contribution in [0.1, 0.15) is 18.1 Å². The molecular formula is C32H20Br2Cl3N3O4. The summed E-state index contributed by atoms with van der Waals surface area (Å²) in [5.74, 6) is 1.36. The summed E-state index contributed by atoms with van der Waals surface area (Å²) in [5.41, 5.74) is 2.14. The molecule has 12 heteroatoms. The van der Waals surface area contributed by atoms with Gasteiger partial charge >= 0.3 is 0 Å². The quantitative estimate of drug-likeness (QED) is 0.144. The first kappa shape index (κ1) is 30.7. The molecule has 0 bridgehead atoms. The summed E-state index contributed by atoms with van der Waals surface area (Å²) in [4.78, 5) is 18.5. The third-order valence-corrected chi connectivity index (χ3v) is 9.26. The zero-order valence-electron chi connectivity index (χ0n) is 22.8. The average molecular weight is 777 g/mol. The van der Waals surface area contributed by atoms with Gasteiger partial charge in [0, 0.05) is 19.9 Å². The Morgan fingerprint density at radius 3 is 2.59 bits per heavy atom. The first-order valence-corrected chi connectivity index (χ1v) is 15.9. The van der Waals surface area contributed by atoms with Gasteiger partial charge in [0.15, 0.2) is 17.3 Å². The fraction of sp³-hybridized carbons (Fsp3) is 0.0938. The second kappa shape index (κ2) is 12.9. The van der Waals surface area contributed by atoms with Crippen molar-refractivity contribution in [2.45, 2.75) is 13.5 Å². The van der Waals surface area contributed by atoms with Crippen molar-refractivity contribution >= 4 is 94.7 Å². The molecule has 222 valence electrons. The number of ether oxygens (including phenoxy) is 2. The Balaban J connectivity index is 1.42. The monoisotopic (exact) mass is 773 g/mol. The predicted molar refractivity (Wildman–Crippen MR) is 183 cm³/mol. The van der Waals surface area contributed by atoms with E-state index in [0.717, 1.165) is 15.4 Å². The van der Waals surface area contributed by atoms with Gasteiger partial charge in [-0.05, 0) is 83.0 Å². The molecule has 0 N–H and O–H groups in total. The minimum Gasteiger partial charge on any atom is -0.490 e. The Bertz CT molecular complexity index is 2150. The summed E-state index contributed by atoms with van der Waals surface area (Å²) in [6.07, 6.45) is 1.50. The van der Waals surface area contributed by atoms with Gasteiger partial charge in [0.25, 0.3) is 5.56 Å². The Kier molecular flexibility index (Phi) is 9.03. The van der Waals surface area contributed by atoms with Gasteiger partial charge in [-0.3, -0.25) is 4.79 Å². The summed E-state index contributed by atoms with van der Waals surface area (Å²) in [6.45, 7) is 2.38. The van der Waals surface area contributed by atoms with Crippen molar-refractivity contribution in [1.82, 2.24) is 9.66 Å². The second-order valence-electron chi connectivity index (χ2n) is 9.50. The highest BCUT2D eigenvalue weighted by molar-refractivity contribution is 9.10. The van der Waals surface area contributed by atoms with Gasteiger partial charge in [-0.2, -0.15) is 9.78 Å². The number of hydrogen-bond acceptors (Lipinski definition) is 6. The largest absolute Gasteiger partial charge is 0.490 e. The maximum atomic E-state index is 13.7. The van der Waals surface area contributed by atoms with Gasteiger partial charge in [0.2, 0.25) is 5.82 Å². The van der Waals surface area contributed by atoms with Gasteiger partial charge in [-0.25, -0.2) is 4.98 Å². The molecule has 4 aromatic carbocycles. The molecule has 6 aromatic rings. The van der Waals surface area contributed by atoms with Crippen molar-refractivity contribution in [3.63, 3.8) is 0 Å². The van der Waals surface area contributed by atoms with Gasteiger partial charge in [0.05, 0.1) is 33.8 Å². The van der Waals surface area contributed by atoms with Crippen molar-refractivity contribution in [3.05, 3.63) is 118 Å². The van der Waals surface area contributed by atoms with E-state index in [2.05, 4.69) is 37.0 Å². The number of benzene rings is 4. The molecule has 0 unspecified atom stereocenters. The molecule has 0 radical (unpaired) electrons. The van der Waals surface area contributed by atoms with Crippen molar-refractivity contribution < 1.29 is 13.9 Å². The van der Waals surface area contributed by atoms with E-state index < -0.39 is 0 Å². The lowest BCUT2D eigenvalue weighted by atomic mass is 10.2. The lowest BCUT2D eigenvalue weighted by Crippen LogP contribution is -2.20. The lowest BCUT2D eigenvalue weighted by Gasteiger charge is -2.16. The summed E-state index contributed by atoms with van der Waals surface area (Å²) in [5, 5.41) is 6.96. The Labute approximate surface area is 283 Å². The van der Waals surface area contributed by atoms with Crippen molar-refractivity contribution in [1.29, 1.82) is 0 Å². The molecule has 0 saturated carbocycles. The fourth-order valence-corrected chi connectivity index (χ4v) is 5.87. The first-order valence-electron chi connectivity index (χ1n) is 13.2. The van der Waals surface area contributed by atoms with Crippen LogP contribution in [-0.2, 0) is 6.61 Å². The molecule has 0 amide bonds. The number of fused-ring (bicyclic) bond motifs is 2. The topological polar surface area (TPSA) is 78.9 Å². The standard InChI is InChI=1S/C32H20Br2Cl3N3O4/c1-2-42-26-14-19(28(34)29(37)30(26)43-16-17-7-9-22(35)23(36)11-17)15-38-40-31(39-24-6-4-3-5-21(24)32(40)41)27-13-18-12-20(33)8-10-25(18)44-27/h3-15H,2,16H2,1H3. The number of furan rings is 1. The predicted octanol–water partition coefficient (Wildman–Crippen LogP) is 10.2. The molecule has 7 nitrogen and oxygen atoms in total. The van der Waals surface area contributed by atoms with Gasteiger partial charge in [-0.15, -0.1) is 0 Å². The van der Waals surface area contributed by atoms with E-state index in [1.165, 1.54) is 10.9 Å². The van der Waals surface area contributed by atoms with E-state index in [0.29, 0.717) is 60.4 Å². The zero-order valence-corrected chi connectivity index (χ0v) is 28.2. The molecule has 6 rings (SSSR count). The van der Waals surface area contributed by atoms with Crippen LogP contribution in [0.2, 0.25) is 15.1 Å². The minimum atomic E-state index is -0.364. The highest BCUT2D eigenvalue weighted by Gasteiger charge is 2.20. The van der Waals surface area contributed by atoms with Crippen LogP contribution in [0.4, 0.5) is 0 Å². The summed E-state index contributed by atoms with van der Waals surface area (Å²) >= 11 is 26.0. The number of aromatic nitrogens is 2. The van der Waals surface area contributed by atoms with Crippen LogP contribution in [0, 0.1) is 0 Å². The van der Waals surface area contributed by atoms with Crippen molar-refractivity contribution in [3.8, 4) is 23.1 Å². The molecule has 0 saturated heterocycles. The molecule has 0 atom stereocenters. The van der Waals surface area contributed by atoms with Crippen LogP contribution in [0.15, 0.2) is 96.1 Å². The normalized spacial score (nSPS) is 11.6. The Morgan fingerprint density at radius 2 is 1.80 bits per heavy atom. The maximum absolute atomic E-state index is 13.7. The van der Waals surface area contributed by atoms with Crippen molar-refractivity contribution in [2.75, 3.05) is 6.61 Å². The lowest BCUT2D eigenvalue weighted by molar-refractivity contribution is 0.269. The third kappa shape index (κ3) is 6.12. The third-order valence-electron chi connectivity index (χ3n) is 6.59. The van der Waals surface area contributed by atoms with Gasteiger partial charge in [-0.1, -0.05) is 68.9 Å². The van der Waals surface area contributed by atoms with E-state index in [9.17, 15) is 4.79 Å². The Morgan fingerprint density at radius 1 is 0.977 bits per heavy atom. The van der Waals surface area contributed by atoms with Crippen LogP contribution in [0.5, 0.6) is 11.5 Å². The molecule has 0 aliphatic rings. The number of para-hydroxylation sites is 1. The molecule has 2 heterocycles. The van der Waals surface area contributed by atoms with Crippen molar-refractivity contribution in [2.24, 2.45) is 5.10 Å². The Hall–Kier alpha value is -3.34. The molecular weight excluding hydrogens is 757 g/mol. The molecule has 0 aliphatic carbocycles. The maximum Gasteiger partial charge on any atom is 0.282 e. The van der Waals surface area contributed by atoms with E-state index in [4.69, 9.17) is 53.7 Å². The molecule has 2 aromatic heterocycles. The van der Waals surface area contributed by atoms with E-state index in [1.807, 2.05) is 43.3 Å². The molecule has 0 aliphatic heterocycles. The van der Waals surface area contributed by atoms with Gasteiger partial charge in [0.1, 0.15) is 17.2 Å². The van der Waals surface area contributed by atoms with Crippen LogP contribution >= 0.6 is 66.7 Å². The van der Waals surface area contributed by atoms with E-state index in [1.54, 1.807) is 36.4 Å². The number of rotatable bonds is 8. The number of nitrogens with zero attached hydrogens (tertiary/aromatic N) is 3. The number of halogens is 5. The molecule has 0 fully saturated rings. The molecule has 0 spiro atoms. The zero-order chi connectivity index (χ0) is 31.0. The SMILES string of the molecule is CCOc1cc(C=Nn2c(-c3cc4cc(Br)ccc4o3)nc3ccccc3c2=O)c(Br)c(Cl)c1OCc1ccc(Cl)c(Cl)c1. The first-order chi connectivity index (χ1) is 21.2. The average Bonchev–Trinajstić information content (AvgIpc) is 3.43. The minimum absolute atomic E-state index is 0.173. The summed E-state index contributed by atoms with van der Waals surface area (Å²) < 4.78 is 20.6. The van der Waals surface area contributed by atoms with E-state index >= 15 is 0 Å². The highest BCUT2D eigenvalue weighted by atomic mass is 79.9. The van der Waals surface area contributed by atoms with E-state index in [-0.39, 0.29) is 23.0 Å². The summed E-state index contributed by atoms with van der Waals surface area (Å²) in [7, 11) is 0. The van der Waals surface area contributed by atoms with Crippen LogP contribution in [-0.4, -0.2) is 22.5 Å². The summed E-state index contributed by atoms with van der Waals surface area (Å²) in [6, 6.07) is 21.5.